The highest BCUT2D eigenvalue weighted by atomic mass is 16.3. The van der Waals surface area contributed by atoms with E-state index in [4.69, 9.17) is 0 Å². The lowest BCUT2D eigenvalue weighted by molar-refractivity contribution is -0.136. The summed E-state index contributed by atoms with van der Waals surface area (Å²) in [7, 11) is 0. The monoisotopic (exact) mass is 300 g/mol. The van der Waals surface area contributed by atoms with Gasteiger partial charge in [0.15, 0.2) is 0 Å². The fourth-order valence-electron chi connectivity index (χ4n) is 2.45. The molecule has 0 unspecified atom stereocenters. The number of aromatic nitrogens is 2. The SMILES string of the molecule is O=C1N[C@@H](Cc2cnc[nH]2)C(=O)N[C@H]1Cc1ccc(O)cc1. The highest BCUT2D eigenvalue weighted by Crippen LogP contribution is 2.13. The van der Waals surface area contributed by atoms with Gasteiger partial charge in [-0.2, -0.15) is 0 Å². The van der Waals surface area contributed by atoms with Gasteiger partial charge in [0.25, 0.3) is 0 Å². The summed E-state index contributed by atoms with van der Waals surface area (Å²) < 4.78 is 0. The Morgan fingerprint density at radius 2 is 1.64 bits per heavy atom. The first-order valence-corrected chi connectivity index (χ1v) is 6.98. The summed E-state index contributed by atoms with van der Waals surface area (Å²) in [6.45, 7) is 0. The standard InChI is InChI=1S/C15H16N4O3/c20-11-3-1-9(2-4-11)5-12-14(21)19-13(15(22)18-12)6-10-7-16-8-17-10/h1-4,7-8,12-13,20H,5-6H2,(H,16,17)(H,18,22)(H,19,21)/t12-,13-/m0/s1. The Hall–Kier alpha value is -2.83. The maximum absolute atomic E-state index is 12.1. The summed E-state index contributed by atoms with van der Waals surface area (Å²) in [5.41, 5.74) is 1.66. The third-order valence-corrected chi connectivity index (χ3v) is 3.62. The lowest BCUT2D eigenvalue weighted by Gasteiger charge is -2.29. The number of nitrogens with one attached hydrogen (secondary N) is 3. The largest absolute Gasteiger partial charge is 0.508 e. The molecule has 114 valence electrons. The second-order valence-corrected chi connectivity index (χ2v) is 5.27. The molecule has 2 aromatic rings. The second kappa shape index (κ2) is 5.88. The smallest absolute Gasteiger partial charge is 0.243 e. The van der Waals surface area contributed by atoms with Gasteiger partial charge in [-0.1, -0.05) is 12.1 Å². The Kier molecular flexibility index (Phi) is 3.78. The van der Waals surface area contributed by atoms with Crippen molar-refractivity contribution in [2.24, 2.45) is 0 Å². The lowest BCUT2D eigenvalue weighted by Crippen LogP contribution is -2.62. The first kappa shape index (κ1) is 14.1. The van der Waals surface area contributed by atoms with Crippen LogP contribution in [0, 0.1) is 0 Å². The van der Waals surface area contributed by atoms with Crippen molar-refractivity contribution in [3.8, 4) is 5.75 Å². The number of aromatic hydroxyl groups is 1. The van der Waals surface area contributed by atoms with Gasteiger partial charge >= 0.3 is 0 Å². The number of phenolic OH excluding ortho intramolecular Hbond substituents is 1. The summed E-state index contributed by atoms with van der Waals surface area (Å²) in [4.78, 5) is 31.1. The van der Waals surface area contributed by atoms with Crippen LogP contribution in [0.3, 0.4) is 0 Å². The second-order valence-electron chi connectivity index (χ2n) is 5.27. The number of benzene rings is 1. The summed E-state index contributed by atoms with van der Waals surface area (Å²) in [6, 6.07) is 5.37. The van der Waals surface area contributed by atoms with Gasteiger partial charge in [0.2, 0.25) is 11.8 Å². The van der Waals surface area contributed by atoms with Crippen LogP contribution in [0.1, 0.15) is 11.3 Å². The zero-order valence-electron chi connectivity index (χ0n) is 11.7. The molecule has 2 atom stereocenters. The Bertz CT molecular complexity index is 667. The van der Waals surface area contributed by atoms with E-state index in [1.807, 2.05) is 0 Å². The maximum atomic E-state index is 12.1. The fourth-order valence-corrected chi connectivity index (χ4v) is 2.45. The van der Waals surface area contributed by atoms with Crippen LogP contribution in [0.25, 0.3) is 0 Å². The number of piperazine rings is 1. The van der Waals surface area contributed by atoms with Crippen molar-refractivity contribution in [2.45, 2.75) is 24.9 Å². The van der Waals surface area contributed by atoms with E-state index in [9.17, 15) is 14.7 Å². The summed E-state index contributed by atoms with van der Waals surface area (Å²) in [5.74, 6) is -0.254. The van der Waals surface area contributed by atoms with Gasteiger partial charge in [0.1, 0.15) is 17.8 Å². The van der Waals surface area contributed by atoms with Crippen molar-refractivity contribution >= 4 is 11.8 Å². The molecular formula is C15H16N4O3. The van der Waals surface area contributed by atoms with E-state index in [1.54, 1.807) is 30.5 Å². The Morgan fingerprint density at radius 3 is 2.23 bits per heavy atom. The molecule has 4 N–H and O–H groups in total. The highest BCUT2D eigenvalue weighted by molar-refractivity contribution is 5.97. The van der Waals surface area contributed by atoms with Gasteiger partial charge in [-0.3, -0.25) is 9.59 Å². The van der Waals surface area contributed by atoms with Crippen molar-refractivity contribution in [3.05, 3.63) is 48.0 Å². The molecule has 1 saturated heterocycles. The molecule has 0 radical (unpaired) electrons. The summed E-state index contributed by atoms with van der Waals surface area (Å²) in [6.07, 6.45) is 3.92. The molecule has 1 aliphatic rings. The van der Waals surface area contributed by atoms with Crippen molar-refractivity contribution in [3.63, 3.8) is 0 Å². The minimum Gasteiger partial charge on any atom is -0.508 e. The highest BCUT2D eigenvalue weighted by Gasteiger charge is 2.33. The molecule has 0 bridgehead atoms. The van der Waals surface area contributed by atoms with Gasteiger partial charge in [0.05, 0.1) is 6.33 Å². The Balaban J connectivity index is 1.63. The van der Waals surface area contributed by atoms with E-state index < -0.39 is 12.1 Å². The predicted octanol–water partition coefficient (Wildman–Crippen LogP) is -0.116. The van der Waals surface area contributed by atoms with E-state index >= 15 is 0 Å². The number of nitrogens with zero attached hydrogens (tertiary/aromatic N) is 1. The van der Waals surface area contributed by atoms with Crippen LogP contribution in [0.4, 0.5) is 0 Å². The van der Waals surface area contributed by atoms with Crippen LogP contribution in [0.15, 0.2) is 36.8 Å². The number of imidazole rings is 1. The Morgan fingerprint density at radius 1 is 1.00 bits per heavy atom. The Labute approximate surface area is 126 Å². The molecule has 0 aliphatic carbocycles. The van der Waals surface area contributed by atoms with Crippen LogP contribution >= 0.6 is 0 Å². The minimum atomic E-state index is -0.602. The molecule has 1 aliphatic heterocycles. The normalized spacial score (nSPS) is 21.3. The van der Waals surface area contributed by atoms with Crippen LogP contribution in [0.2, 0.25) is 0 Å². The molecule has 1 fully saturated rings. The zero-order chi connectivity index (χ0) is 15.5. The van der Waals surface area contributed by atoms with E-state index in [0.29, 0.717) is 12.8 Å². The molecule has 2 heterocycles. The summed E-state index contributed by atoms with van der Waals surface area (Å²) in [5, 5.41) is 14.7. The number of carbonyl (C=O) groups is 2. The quantitative estimate of drug-likeness (QED) is 0.631. The molecule has 0 spiro atoms. The fraction of sp³-hybridized carbons (Fsp3) is 0.267. The molecule has 1 aromatic heterocycles. The molecule has 22 heavy (non-hydrogen) atoms. The van der Waals surface area contributed by atoms with Gasteiger partial charge in [0, 0.05) is 24.7 Å². The number of phenols is 1. The predicted molar refractivity (Wildman–Crippen MR) is 78.0 cm³/mol. The van der Waals surface area contributed by atoms with Gasteiger partial charge < -0.3 is 20.7 Å². The average molecular weight is 300 g/mol. The van der Waals surface area contributed by atoms with Crippen molar-refractivity contribution in [1.29, 1.82) is 0 Å². The van der Waals surface area contributed by atoms with Gasteiger partial charge in [-0.15, -0.1) is 0 Å². The number of aromatic amines is 1. The number of hydrogen-bond acceptors (Lipinski definition) is 4. The van der Waals surface area contributed by atoms with Gasteiger partial charge in [-0.25, -0.2) is 4.98 Å². The van der Waals surface area contributed by atoms with Crippen molar-refractivity contribution in [1.82, 2.24) is 20.6 Å². The molecule has 3 rings (SSSR count). The first-order valence-electron chi connectivity index (χ1n) is 6.98. The van der Waals surface area contributed by atoms with E-state index in [2.05, 4.69) is 20.6 Å². The third kappa shape index (κ3) is 3.08. The lowest BCUT2D eigenvalue weighted by atomic mass is 10.0. The van der Waals surface area contributed by atoms with E-state index in [-0.39, 0.29) is 17.6 Å². The molecular weight excluding hydrogens is 284 g/mol. The average Bonchev–Trinajstić information content (AvgIpc) is 2.99. The first-order chi connectivity index (χ1) is 10.6. The molecule has 7 nitrogen and oxygen atoms in total. The molecule has 0 saturated carbocycles. The van der Waals surface area contributed by atoms with Crippen LogP contribution in [-0.4, -0.2) is 39.0 Å². The van der Waals surface area contributed by atoms with Crippen molar-refractivity contribution in [2.75, 3.05) is 0 Å². The third-order valence-electron chi connectivity index (χ3n) is 3.62. The number of carbonyl (C=O) groups excluding carboxylic acids is 2. The van der Waals surface area contributed by atoms with Crippen LogP contribution in [-0.2, 0) is 22.4 Å². The number of H-pyrrole nitrogens is 1. The van der Waals surface area contributed by atoms with E-state index in [1.165, 1.54) is 6.33 Å². The van der Waals surface area contributed by atoms with Crippen LogP contribution < -0.4 is 10.6 Å². The van der Waals surface area contributed by atoms with Crippen molar-refractivity contribution < 1.29 is 14.7 Å². The molecule has 2 amide bonds. The maximum Gasteiger partial charge on any atom is 0.243 e. The topological polar surface area (TPSA) is 107 Å². The van der Waals surface area contributed by atoms with E-state index in [0.717, 1.165) is 11.3 Å². The van der Waals surface area contributed by atoms with Gasteiger partial charge in [-0.05, 0) is 17.7 Å². The zero-order valence-corrected chi connectivity index (χ0v) is 11.7. The number of rotatable bonds is 4. The molecule has 1 aromatic carbocycles. The number of amides is 2. The van der Waals surface area contributed by atoms with Crippen LogP contribution in [0.5, 0.6) is 5.75 Å². The number of hydrogen-bond donors (Lipinski definition) is 4. The molecule has 7 heteroatoms. The summed E-state index contributed by atoms with van der Waals surface area (Å²) >= 11 is 0. The minimum absolute atomic E-state index is 0.167.